The van der Waals surface area contributed by atoms with Gasteiger partial charge in [0.15, 0.2) is 20.5 Å². The fourth-order valence-corrected chi connectivity index (χ4v) is 22.7. The van der Waals surface area contributed by atoms with Gasteiger partial charge in [-0.1, -0.05) is 242 Å². The van der Waals surface area contributed by atoms with Crippen molar-refractivity contribution in [3.05, 3.63) is 108 Å². The predicted octanol–water partition coefficient (Wildman–Crippen LogP) is 23.2. The molecule has 3 aromatic carbocycles. The van der Waals surface area contributed by atoms with Crippen LogP contribution in [0.4, 0.5) is 0 Å². The van der Waals surface area contributed by atoms with E-state index in [2.05, 4.69) is 173 Å². The van der Waals surface area contributed by atoms with Gasteiger partial charge in [0.05, 0.1) is 223 Å². The molecule has 21 heteroatoms. The summed E-state index contributed by atoms with van der Waals surface area (Å²) in [6.45, 7) is 85.1. The van der Waals surface area contributed by atoms with Gasteiger partial charge in [-0.05, 0) is 148 Å². The molecular weight excluding hydrogens is 1590 g/mol. The second-order valence-corrected chi connectivity index (χ2v) is 42.8. The molecule has 0 aliphatic heterocycles. The van der Waals surface area contributed by atoms with E-state index >= 15 is 0 Å². The zero-order valence-electron chi connectivity index (χ0n) is 80.7. The molecule has 0 aromatic heterocycles. The van der Waals surface area contributed by atoms with E-state index in [4.69, 9.17) is 0 Å². The molecule has 0 saturated heterocycles. The largest absolute Gasteiger partial charge is 0.330 e. The third kappa shape index (κ3) is 59.1. The fraction of sp³-hybridized carbons (Fsp3) is 0.740. The van der Waals surface area contributed by atoms with Crippen LogP contribution in [0, 0.1) is 0 Å². The summed E-state index contributed by atoms with van der Waals surface area (Å²) in [6.07, 6.45) is 12.4. The van der Waals surface area contributed by atoms with Crippen molar-refractivity contribution in [3.8, 4) is 0 Å². The lowest BCUT2D eigenvalue weighted by atomic mass is 10.2. The van der Waals surface area contributed by atoms with Crippen LogP contribution in [0.25, 0.3) is 0 Å². The smallest absolute Gasteiger partial charge is 0.219 e. The Morgan fingerprint density at radius 2 is 0.462 bits per heavy atom. The van der Waals surface area contributed by atoms with Gasteiger partial charge in [0, 0.05) is 44.4 Å². The molecule has 0 fully saturated rings. The Morgan fingerprint density at radius 1 is 0.256 bits per heavy atom. The molecule has 0 radical (unpaired) electrons. The summed E-state index contributed by atoms with van der Waals surface area (Å²) >= 11 is 10.3. The molecule has 14 nitrogen and oxygen atoms in total. The van der Waals surface area contributed by atoms with Crippen LogP contribution < -0.4 is 0 Å². The van der Waals surface area contributed by atoms with E-state index in [9.17, 15) is 33.6 Å². The first kappa shape index (κ1) is 121. The molecule has 0 aliphatic carbocycles. The summed E-state index contributed by atoms with van der Waals surface area (Å²) < 4.78 is 7.83. The maximum atomic E-state index is 12.1. The van der Waals surface area contributed by atoms with E-state index in [1.54, 1.807) is 27.7 Å². The number of thioether (sulfide) groups is 7. The minimum atomic E-state index is 0.192. The highest BCUT2D eigenvalue weighted by Gasteiger charge is 2.31. The van der Waals surface area contributed by atoms with Crippen molar-refractivity contribution < 1.29 is 64.9 Å². The van der Waals surface area contributed by atoms with Crippen molar-refractivity contribution in [2.24, 2.45) is 0 Å². The monoisotopic (exact) mass is 1770 g/mol. The van der Waals surface area contributed by atoms with Crippen molar-refractivity contribution in [2.45, 2.75) is 265 Å². The summed E-state index contributed by atoms with van der Waals surface area (Å²) in [6, 6.07) is 28.7. The Morgan fingerprint density at radius 3 is 0.684 bits per heavy atom. The maximum absolute atomic E-state index is 12.1. The van der Waals surface area contributed by atoms with Crippen LogP contribution in [0.5, 0.6) is 0 Å². The molecule has 678 valence electrons. The average Bonchev–Trinajstić information content (AvgIpc) is 0.871. The molecule has 0 amide bonds. The summed E-state index contributed by atoms with van der Waals surface area (Å²) in [5.74, 6) is 2.75. The summed E-state index contributed by atoms with van der Waals surface area (Å²) in [5.41, 5.74) is 2.45. The number of hydrogen-bond acceptors (Lipinski definition) is 14. The standard InChI is InChI=1S/C18H30NOS.C17H28NOS.C15H24NOS.C14H30NOS.C13H28NOS.C11H24NOS.C8H18NOS/c1-4-7-14-19(6-3,13-5-2)15-16-21-18(20)17-11-9-8-10-12-17;1-4-12-18(6-3,13-5-2)14-15-20-17(19)16-10-8-7-9-11-16;1-4-16(5-2,6-3)12-13-18-15(17)14-10-8-7-9-11-14;1-6-9-11-15(8-3,10-7-2)12-13(4)17-14(5)16;1-6-9-14(8-3,10-7-2)11-12(4)16-13(5)15;1-6-12(7-2,8-3)9-10(4)14-11(5)13;1-7(11-8(2)10)6-9(3,4)5/h8-12H,4-7,13-16H2,1-3H3;7-11H,4-6,12-15H2,1-3H3;7-11H,4-6,12-13H2,1-3H3;13H,6-12H2,1-5H3;12H,6-11H2,1-5H3;10H,6-9H2,1-5H3;7H,6H2,1-5H3/q7*+1. The van der Waals surface area contributed by atoms with Gasteiger partial charge < -0.3 is 31.4 Å². The number of benzene rings is 3. The summed E-state index contributed by atoms with van der Waals surface area (Å²) in [7, 11) is 6.41. The van der Waals surface area contributed by atoms with E-state index < -0.39 is 0 Å². The molecule has 0 N–H and O–H groups in total. The SMILES string of the molecule is CC(=O)SC(C)C[N+](C)(C)C.CCCC[N+](CC)(CCC)CC(C)SC(C)=O.CCCC[N+](CC)(CCC)CCSC(=O)c1ccccc1.CCC[N+](CC)(CCC)CC(C)SC(C)=O.CCC[N+](CC)(CCC)CCSC(=O)c1ccccc1.CC[N+](CC)(CC)CC(C)SC(C)=O.CC[N+](CC)(CC)CCSC(=O)c1ccccc1. The second-order valence-electron chi connectivity index (χ2n) is 33.1. The van der Waals surface area contributed by atoms with Gasteiger partial charge in [0.25, 0.3) is 0 Å². The summed E-state index contributed by atoms with van der Waals surface area (Å²) in [4.78, 5) is 80.1. The van der Waals surface area contributed by atoms with Gasteiger partial charge in [0.2, 0.25) is 15.3 Å². The number of rotatable bonds is 52. The van der Waals surface area contributed by atoms with Crippen LogP contribution in [-0.4, -0.2) is 290 Å². The van der Waals surface area contributed by atoms with Gasteiger partial charge in [-0.3, -0.25) is 33.6 Å². The average molecular weight is 1770 g/mol. The lowest BCUT2D eigenvalue weighted by molar-refractivity contribution is -0.926. The van der Waals surface area contributed by atoms with Crippen LogP contribution >= 0.6 is 82.3 Å². The number of nitrogens with zero attached hydrogens (tertiary/aromatic N) is 7. The van der Waals surface area contributed by atoms with Crippen LogP contribution in [-0.2, 0) is 19.2 Å². The van der Waals surface area contributed by atoms with Crippen LogP contribution in [0.15, 0.2) is 91.0 Å². The number of quaternary nitrogens is 7. The Labute approximate surface area is 752 Å². The molecule has 3 rings (SSSR count). The number of carbonyl (C=O) groups excluding carboxylic acids is 7. The highest BCUT2D eigenvalue weighted by molar-refractivity contribution is 8.15. The van der Waals surface area contributed by atoms with Crippen LogP contribution in [0.2, 0.25) is 0 Å². The Bertz CT molecular complexity index is 2950. The molecule has 117 heavy (non-hydrogen) atoms. The molecule has 0 saturated carbocycles. The third-order valence-corrected chi connectivity index (χ3v) is 28.7. The van der Waals surface area contributed by atoms with E-state index in [1.165, 1.54) is 239 Å². The minimum absolute atomic E-state index is 0.192. The highest BCUT2D eigenvalue weighted by Crippen LogP contribution is 2.25. The highest BCUT2D eigenvalue weighted by atomic mass is 32.2. The van der Waals surface area contributed by atoms with Crippen LogP contribution in [0.3, 0.4) is 0 Å². The number of hydrogen-bond donors (Lipinski definition) is 0. The van der Waals surface area contributed by atoms with Crippen molar-refractivity contribution in [1.29, 1.82) is 0 Å². The molecule has 3 aromatic rings. The quantitative estimate of drug-likeness (QED) is 0.0499. The molecule has 0 bridgehead atoms. The van der Waals surface area contributed by atoms with E-state index in [-0.39, 0.29) is 35.8 Å². The number of carbonyl (C=O) groups is 7. The fourth-order valence-electron chi connectivity index (χ4n) is 15.8. The van der Waals surface area contributed by atoms with E-state index in [1.807, 2.05) is 91.0 Å². The van der Waals surface area contributed by atoms with Crippen molar-refractivity contribution in [2.75, 3.05) is 202 Å². The van der Waals surface area contributed by atoms with Crippen molar-refractivity contribution >= 4 is 118 Å². The topological polar surface area (TPSA) is 119 Å². The number of unbranched alkanes of at least 4 members (excludes halogenated alkanes) is 2. The third-order valence-electron chi connectivity index (χ3n) is 22.5. The molecule has 0 heterocycles. The van der Waals surface area contributed by atoms with E-state index in [0.717, 1.165) is 137 Å². The minimum Gasteiger partial charge on any atom is -0.330 e. The molecule has 6 unspecified atom stereocenters. The Kier molecular flexibility index (Phi) is 74.1. The van der Waals surface area contributed by atoms with Gasteiger partial charge in [-0.2, -0.15) is 0 Å². The van der Waals surface area contributed by atoms with Crippen molar-refractivity contribution in [1.82, 2.24) is 0 Å². The van der Waals surface area contributed by atoms with Gasteiger partial charge in [-0.15, -0.1) is 0 Å². The predicted molar refractivity (Wildman–Crippen MR) is 530 cm³/mol. The zero-order chi connectivity index (χ0) is 90.0. The molecule has 6 atom stereocenters. The van der Waals surface area contributed by atoms with Gasteiger partial charge in [0.1, 0.15) is 0 Å². The van der Waals surface area contributed by atoms with Gasteiger partial charge in [-0.25, -0.2) is 0 Å². The first-order valence-electron chi connectivity index (χ1n) is 45.6. The van der Waals surface area contributed by atoms with Crippen LogP contribution in [0.1, 0.15) is 275 Å². The molecular formula is C96H182N7O7S7+7. The normalized spacial score (nSPS) is 13.6. The second kappa shape index (κ2) is 71.8. The van der Waals surface area contributed by atoms with E-state index in [0.29, 0.717) is 21.0 Å². The maximum Gasteiger partial charge on any atom is 0.219 e. The first-order chi connectivity index (χ1) is 55.3. The lowest BCUT2D eigenvalue weighted by Crippen LogP contribution is -2.52. The summed E-state index contributed by atoms with van der Waals surface area (Å²) in [5, 5.41) is 3.28. The Balaban J connectivity index is -0.000000642. The molecule has 0 aliphatic rings. The lowest BCUT2D eigenvalue weighted by Gasteiger charge is -2.39. The Hall–Kier alpha value is -2.48. The first-order valence-corrected chi connectivity index (χ1v) is 52.0. The van der Waals surface area contributed by atoms with Gasteiger partial charge >= 0.3 is 0 Å². The molecule has 0 spiro atoms. The van der Waals surface area contributed by atoms with Crippen molar-refractivity contribution in [3.63, 3.8) is 0 Å². The zero-order valence-corrected chi connectivity index (χ0v) is 86.4.